The molecular formula is C34H59Nd-. The van der Waals surface area contributed by atoms with Gasteiger partial charge < -0.3 is 0 Å². The van der Waals surface area contributed by atoms with E-state index in [9.17, 15) is 0 Å². The van der Waals surface area contributed by atoms with Crippen LogP contribution in [0.25, 0.3) is 0 Å². The molecule has 0 radical (unpaired) electrons. The van der Waals surface area contributed by atoms with Crippen molar-refractivity contribution in [1.29, 1.82) is 0 Å². The molecule has 1 aromatic carbocycles. The Labute approximate surface area is 254 Å². The third-order valence-corrected chi connectivity index (χ3v) is 8.54. The van der Waals surface area contributed by atoms with Crippen molar-refractivity contribution in [2.24, 2.45) is 5.92 Å². The number of aryl methyl sites for hydroxylation is 1. The van der Waals surface area contributed by atoms with Crippen molar-refractivity contribution in [3.05, 3.63) is 41.8 Å². The summed E-state index contributed by atoms with van der Waals surface area (Å²) in [5, 5.41) is 0. The van der Waals surface area contributed by atoms with Crippen LogP contribution in [0.5, 0.6) is 0 Å². The van der Waals surface area contributed by atoms with E-state index < -0.39 is 0 Å². The predicted molar refractivity (Wildman–Crippen MR) is 154 cm³/mol. The number of rotatable bonds is 22. The second-order valence-electron chi connectivity index (χ2n) is 11.7. The van der Waals surface area contributed by atoms with Crippen molar-refractivity contribution in [3.8, 4) is 0 Å². The first-order chi connectivity index (χ1) is 16.7. The van der Waals surface area contributed by atoms with Crippen molar-refractivity contribution >= 4 is 0 Å². The SMILES string of the molecule is [CH2-]c1ccc(C2CC(CCCCCCCCCCCCCCCCCCCCCC)C2)cc1C.[Nd]. The zero-order valence-electron chi connectivity index (χ0n) is 23.9. The van der Waals surface area contributed by atoms with Crippen LogP contribution in [0.1, 0.15) is 177 Å². The minimum atomic E-state index is 0. The van der Waals surface area contributed by atoms with Crippen molar-refractivity contribution in [2.45, 2.75) is 167 Å². The van der Waals surface area contributed by atoms with E-state index in [1.165, 1.54) is 159 Å². The first-order valence-electron chi connectivity index (χ1n) is 15.6. The molecule has 0 unspecified atom stereocenters. The molecule has 1 aromatic rings. The summed E-state index contributed by atoms with van der Waals surface area (Å²) in [5.41, 5.74) is 4.10. The second-order valence-corrected chi connectivity index (χ2v) is 11.7. The van der Waals surface area contributed by atoms with Gasteiger partial charge in [0.05, 0.1) is 0 Å². The molecule has 1 heteroatoms. The predicted octanol–water partition coefficient (Wildman–Crippen LogP) is 11.9. The third kappa shape index (κ3) is 16.1. The van der Waals surface area contributed by atoms with Crippen LogP contribution < -0.4 is 0 Å². The Bertz CT molecular complexity index is 601. The number of hydrogen-bond donors (Lipinski definition) is 0. The van der Waals surface area contributed by atoms with Crippen LogP contribution >= 0.6 is 0 Å². The molecule has 200 valence electrons. The second kappa shape index (κ2) is 22.4. The van der Waals surface area contributed by atoms with Crippen molar-refractivity contribution < 1.29 is 40.8 Å². The van der Waals surface area contributed by atoms with Crippen LogP contribution in [0, 0.1) is 60.6 Å². The van der Waals surface area contributed by atoms with E-state index in [-0.39, 0.29) is 40.8 Å². The molecule has 0 nitrogen and oxygen atoms in total. The van der Waals surface area contributed by atoms with Crippen molar-refractivity contribution in [3.63, 3.8) is 0 Å². The molecule has 1 aliphatic rings. The van der Waals surface area contributed by atoms with E-state index in [4.69, 9.17) is 0 Å². The minimum Gasteiger partial charge on any atom is -0.198 e. The van der Waals surface area contributed by atoms with Crippen LogP contribution in [-0.2, 0) is 0 Å². The van der Waals surface area contributed by atoms with Crippen molar-refractivity contribution in [2.75, 3.05) is 0 Å². The quantitative estimate of drug-likeness (QED) is 0.0903. The van der Waals surface area contributed by atoms with Gasteiger partial charge in [0.15, 0.2) is 0 Å². The molecule has 0 amide bonds. The fourth-order valence-corrected chi connectivity index (χ4v) is 5.90. The van der Waals surface area contributed by atoms with E-state index >= 15 is 0 Å². The summed E-state index contributed by atoms with van der Waals surface area (Å²) in [6.45, 7) is 8.59. The summed E-state index contributed by atoms with van der Waals surface area (Å²) in [7, 11) is 0. The Morgan fingerprint density at radius 2 is 1.03 bits per heavy atom. The van der Waals surface area contributed by atoms with Gasteiger partial charge in [-0.3, -0.25) is 0 Å². The number of benzene rings is 1. The van der Waals surface area contributed by atoms with Gasteiger partial charge in [-0.15, -0.1) is 12.1 Å². The molecule has 1 fully saturated rings. The topological polar surface area (TPSA) is 0 Å². The van der Waals surface area contributed by atoms with Gasteiger partial charge in [-0.25, -0.2) is 0 Å². The molecule has 0 aromatic heterocycles. The Kier molecular flexibility index (Phi) is 21.4. The molecule has 0 atom stereocenters. The Hall–Kier alpha value is 0.441. The van der Waals surface area contributed by atoms with Crippen LogP contribution in [0.4, 0.5) is 0 Å². The smallest absolute Gasteiger partial charge is 0 e. The molecule has 2 rings (SSSR count). The van der Waals surface area contributed by atoms with Gasteiger partial charge in [0.2, 0.25) is 0 Å². The molecule has 1 saturated carbocycles. The van der Waals surface area contributed by atoms with E-state index in [2.05, 4.69) is 39.0 Å². The summed E-state index contributed by atoms with van der Waals surface area (Å²) in [5.74, 6) is 1.83. The summed E-state index contributed by atoms with van der Waals surface area (Å²) in [6, 6.07) is 6.90. The molecule has 0 N–H and O–H groups in total. The van der Waals surface area contributed by atoms with Crippen LogP contribution in [0.3, 0.4) is 0 Å². The average molecular weight is 612 g/mol. The molecule has 0 bridgehead atoms. The van der Waals surface area contributed by atoms with E-state index in [0.29, 0.717) is 0 Å². The first kappa shape index (κ1) is 33.5. The van der Waals surface area contributed by atoms with Gasteiger partial charge in [0.25, 0.3) is 0 Å². The first-order valence-corrected chi connectivity index (χ1v) is 15.6. The summed E-state index contributed by atoms with van der Waals surface area (Å²) in [4.78, 5) is 0. The molecular weight excluding hydrogens is 553 g/mol. The van der Waals surface area contributed by atoms with Gasteiger partial charge >= 0.3 is 0 Å². The Morgan fingerprint density at radius 1 is 0.629 bits per heavy atom. The van der Waals surface area contributed by atoms with Crippen molar-refractivity contribution in [1.82, 2.24) is 0 Å². The maximum atomic E-state index is 4.09. The average Bonchev–Trinajstić information content (AvgIpc) is 2.81. The summed E-state index contributed by atoms with van der Waals surface area (Å²) < 4.78 is 0. The maximum absolute atomic E-state index is 4.09. The largest absolute Gasteiger partial charge is 0.198 e. The van der Waals surface area contributed by atoms with Crippen LogP contribution in [0.15, 0.2) is 18.2 Å². The standard InChI is InChI=1S/C34H59.Nd/c1-4-5-6-7-8-9-10-11-12-13-14-15-16-17-18-19-20-21-22-23-24-32-28-34(29-32)33-26-25-30(2)31(3)27-33;/h25-27,32,34H,2,4-24,28-29H2,1,3H3;/q-1;. The number of hydrogen-bond acceptors (Lipinski definition) is 0. The monoisotopic (exact) mass is 609 g/mol. The van der Waals surface area contributed by atoms with Gasteiger partial charge in [0.1, 0.15) is 0 Å². The zero-order valence-corrected chi connectivity index (χ0v) is 27.1. The van der Waals surface area contributed by atoms with Gasteiger partial charge in [0, 0.05) is 40.8 Å². The van der Waals surface area contributed by atoms with Crippen LogP contribution in [-0.4, -0.2) is 0 Å². The normalized spacial score (nSPS) is 17.2. The van der Waals surface area contributed by atoms with Crippen LogP contribution in [0.2, 0.25) is 0 Å². The summed E-state index contributed by atoms with van der Waals surface area (Å²) in [6.07, 6.45) is 33.7. The zero-order chi connectivity index (χ0) is 24.3. The number of unbranched alkanes of at least 4 members (excludes halogenated alkanes) is 19. The van der Waals surface area contributed by atoms with Gasteiger partial charge in [-0.2, -0.15) is 24.1 Å². The van der Waals surface area contributed by atoms with E-state index in [1.54, 1.807) is 5.56 Å². The Balaban J connectivity index is 0.00000612. The fraction of sp³-hybridized carbons (Fsp3) is 0.794. The third-order valence-electron chi connectivity index (χ3n) is 8.54. The molecule has 1 aliphatic carbocycles. The molecule has 0 aliphatic heterocycles. The molecule has 0 spiro atoms. The van der Waals surface area contributed by atoms with E-state index in [1.807, 2.05) is 0 Å². The molecule has 0 heterocycles. The van der Waals surface area contributed by atoms with Gasteiger partial charge in [-0.1, -0.05) is 154 Å². The molecule has 35 heavy (non-hydrogen) atoms. The fourth-order valence-electron chi connectivity index (χ4n) is 5.90. The van der Waals surface area contributed by atoms with Gasteiger partial charge in [-0.05, 0) is 24.7 Å². The Morgan fingerprint density at radius 3 is 1.43 bits per heavy atom. The molecule has 0 saturated heterocycles. The van der Waals surface area contributed by atoms with E-state index in [0.717, 1.165) is 11.8 Å². The summed E-state index contributed by atoms with van der Waals surface area (Å²) >= 11 is 0. The minimum absolute atomic E-state index is 0. The maximum Gasteiger partial charge on any atom is 0 e.